The van der Waals surface area contributed by atoms with E-state index in [2.05, 4.69) is 10.3 Å². The average molecular weight is 456 g/mol. The summed E-state index contributed by atoms with van der Waals surface area (Å²) in [4.78, 5) is 15.6. The molecule has 10 heteroatoms. The third kappa shape index (κ3) is 3.85. The van der Waals surface area contributed by atoms with Gasteiger partial charge in [-0.25, -0.2) is 13.1 Å². The van der Waals surface area contributed by atoms with E-state index in [1.54, 1.807) is 0 Å². The van der Waals surface area contributed by atoms with E-state index in [1.165, 1.54) is 27.8 Å². The summed E-state index contributed by atoms with van der Waals surface area (Å²) >= 11 is 0. The summed E-state index contributed by atoms with van der Waals surface area (Å²) in [5, 5.41) is 7.63. The van der Waals surface area contributed by atoms with Crippen molar-refractivity contribution in [2.45, 2.75) is 30.7 Å². The van der Waals surface area contributed by atoms with Gasteiger partial charge in [-0.05, 0) is 43.0 Å². The first-order chi connectivity index (χ1) is 15.5. The van der Waals surface area contributed by atoms with Crippen LogP contribution in [-0.4, -0.2) is 59.7 Å². The number of nitrogens with zero attached hydrogens (tertiary/aromatic N) is 3. The van der Waals surface area contributed by atoms with Crippen LogP contribution in [0, 0.1) is 0 Å². The predicted octanol–water partition coefficient (Wildman–Crippen LogP) is 1.64. The number of nitrogens with one attached hydrogen (secondary N) is 2. The minimum Gasteiger partial charge on any atom is -0.379 e. The Morgan fingerprint density at radius 3 is 2.72 bits per heavy atom. The lowest BCUT2D eigenvalue weighted by molar-refractivity contribution is 0.0730. The number of hydrogen-bond donors (Lipinski definition) is 2. The molecule has 1 amide bonds. The maximum atomic E-state index is 12.8. The SMILES string of the molecule is O=C(NCc1nn(-c2ccccc2)c2c1CCC2)c1cc(S(=O)(=O)N2CCOCC2)c[nH]1. The summed E-state index contributed by atoms with van der Waals surface area (Å²) < 4.78 is 34.1. The van der Waals surface area contributed by atoms with Crippen molar-refractivity contribution < 1.29 is 17.9 Å². The first kappa shape index (κ1) is 20.9. The molecule has 0 unspecified atom stereocenters. The van der Waals surface area contributed by atoms with Crippen LogP contribution >= 0.6 is 0 Å². The highest BCUT2D eigenvalue weighted by atomic mass is 32.2. The zero-order valence-electron chi connectivity index (χ0n) is 17.6. The number of sulfonamides is 1. The Bertz CT molecular complexity index is 1230. The number of para-hydroxylation sites is 1. The molecular formula is C22H25N5O4S. The van der Waals surface area contributed by atoms with Gasteiger partial charge in [-0.2, -0.15) is 9.40 Å². The van der Waals surface area contributed by atoms with Crippen molar-refractivity contribution in [2.24, 2.45) is 0 Å². The molecule has 1 aliphatic heterocycles. The molecule has 2 aliphatic rings. The fraction of sp³-hybridized carbons (Fsp3) is 0.364. The smallest absolute Gasteiger partial charge is 0.268 e. The third-order valence-corrected chi connectivity index (χ3v) is 7.82. The number of morpholine rings is 1. The first-order valence-electron chi connectivity index (χ1n) is 10.7. The number of carbonyl (C=O) groups is 1. The Hall–Kier alpha value is -2.95. The van der Waals surface area contributed by atoms with E-state index in [4.69, 9.17) is 9.84 Å². The van der Waals surface area contributed by atoms with E-state index in [1.807, 2.05) is 35.0 Å². The standard InChI is InChI=1S/C22H25N5O4S/c28-22(19-13-17(14-23-19)32(29,30)26-9-11-31-12-10-26)24-15-20-18-7-4-8-21(18)27(25-20)16-5-2-1-3-6-16/h1-3,5-6,13-14,23H,4,7-12,15H2,(H,24,28). The molecule has 0 atom stereocenters. The highest BCUT2D eigenvalue weighted by molar-refractivity contribution is 7.89. The molecule has 1 fully saturated rings. The van der Waals surface area contributed by atoms with Crippen molar-refractivity contribution in [1.82, 2.24) is 24.4 Å². The molecule has 5 rings (SSSR count). The van der Waals surface area contributed by atoms with Gasteiger partial charge < -0.3 is 15.0 Å². The second-order valence-electron chi connectivity index (χ2n) is 7.92. The molecule has 3 heterocycles. The molecule has 2 N–H and O–H groups in total. The minimum atomic E-state index is -3.65. The molecular weight excluding hydrogens is 430 g/mol. The monoisotopic (exact) mass is 455 g/mol. The summed E-state index contributed by atoms with van der Waals surface area (Å²) in [5.74, 6) is -0.366. The van der Waals surface area contributed by atoms with Gasteiger partial charge in [0.25, 0.3) is 5.91 Å². The molecule has 2 aromatic heterocycles. The number of ether oxygens (including phenoxy) is 1. The molecule has 1 aromatic carbocycles. The fourth-order valence-corrected chi connectivity index (χ4v) is 5.69. The summed E-state index contributed by atoms with van der Waals surface area (Å²) in [7, 11) is -3.65. The molecule has 1 aliphatic carbocycles. The lowest BCUT2D eigenvalue weighted by atomic mass is 10.2. The molecule has 168 valence electrons. The van der Waals surface area contributed by atoms with Gasteiger partial charge in [-0.3, -0.25) is 4.79 Å². The molecule has 9 nitrogen and oxygen atoms in total. The molecule has 0 spiro atoms. The first-order valence-corrected chi connectivity index (χ1v) is 12.2. The molecule has 0 radical (unpaired) electrons. The Morgan fingerprint density at radius 1 is 1.16 bits per heavy atom. The minimum absolute atomic E-state index is 0.0822. The van der Waals surface area contributed by atoms with Gasteiger partial charge in [-0.1, -0.05) is 18.2 Å². The van der Waals surface area contributed by atoms with Crippen molar-refractivity contribution in [3.05, 3.63) is 65.2 Å². The maximum absolute atomic E-state index is 12.8. The zero-order valence-corrected chi connectivity index (χ0v) is 18.4. The van der Waals surface area contributed by atoms with Crippen LogP contribution in [-0.2, 0) is 34.1 Å². The second-order valence-corrected chi connectivity index (χ2v) is 9.86. The van der Waals surface area contributed by atoms with E-state index in [0.29, 0.717) is 26.3 Å². The summed E-state index contributed by atoms with van der Waals surface area (Å²) in [6.07, 6.45) is 4.34. The van der Waals surface area contributed by atoms with E-state index < -0.39 is 10.0 Å². The Balaban J connectivity index is 1.30. The number of H-pyrrole nitrogens is 1. The van der Waals surface area contributed by atoms with Crippen molar-refractivity contribution in [3.8, 4) is 5.69 Å². The van der Waals surface area contributed by atoms with Crippen LogP contribution in [0.25, 0.3) is 5.69 Å². The molecule has 32 heavy (non-hydrogen) atoms. The number of rotatable bonds is 6. The Kier molecular flexibility index (Phi) is 5.58. The van der Waals surface area contributed by atoms with E-state index in [-0.39, 0.29) is 23.0 Å². The van der Waals surface area contributed by atoms with Gasteiger partial charge in [0.1, 0.15) is 10.6 Å². The van der Waals surface area contributed by atoms with Crippen LogP contribution in [0.15, 0.2) is 47.5 Å². The van der Waals surface area contributed by atoms with Gasteiger partial charge in [0.15, 0.2) is 0 Å². The van der Waals surface area contributed by atoms with Crippen LogP contribution in [0.4, 0.5) is 0 Å². The summed E-state index contributed by atoms with van der Waals surface area (Å²) in [6, 6.07) is 11.3. The molecule has 0 bridgehead atoms. The van der Waals surface area contributed by atoms with Gasteiger partial charge in [0.2, 0.25) is 10.0 Å². The Labute approximate surface area is 186 Å². The number of aromatic amines is 1. The summed E-state index contributed by atoms with van der Waals surface area (Å²) in [6.45, 7) is 1.65. The average Bonchev–Trinajstić information content (AvgIpc) is 3.56. The van der Waals surface area contributed by atoms with Crippen molar-refractivity contribution >= 4 is 15.9 Å². The predicted molar refractivity (Wildman–Crippen MR) is 117 cm³/mol. The number of fused-ring (bicyclic) bond motifs is 1. The number of amides is 1. The fourth-order valence-electron chi connectivity index (χ4n) is 4.29. The van der Waals surface area contributed by atoms with Crippen LogP contribution in [0.1, 0.15) is 33.9 Å². The molecule has 1 saturated heterocycles. The van der Waals surface area contributed by atoms with Gasteiger partial charge in [-0.15, -0.1) is 0 Å². The largest absolute Gasteiger partial charge is 0.379 e. The van der Waals surface area contributed by atoms with Crippen LogP contribution in [0.2, 0.25) is 0 Å². The normalized spacial score (nSPS) is 16.8. The second kappa shape index (κ2) is 8.53. The Morgan fingerprint density at radius 2 is 1.94 bits per heavy atom. The number of benzene rings is 1. The van der Waals surface area contributed by atoms with Crippen LogP contribution < -0.4 is 5.32 Å². The van der Waals surface area contributed by atoms with Crippen molar-refractivity contribution in [1.29, 1.82) is 0 Å². The lowest BCUT2D eigenvalue weighted by Gasteiger charge is -2.25. The van der Waals surface area contributed by atoms with Gasteiger partial charge in [0.05, 0.1) is 31.1 Å². The van der Waals surface area contributed by atoms with Gasteiger partial charge >= 0.3 is 0 Å². The molecule has 3 aromatic rings. The molecule has 0 saturated carbocycles. The van der Waals surface area contributed by atoms with E-state index in [0.717, 1.165) is 30.6 Å². The van der Waals surface area contributed by atoms with Crippen LogP contribution in [0.3, 0.4) is 0 Å². The highest BCUT2D eigenvalue weighted by Crippen LogP contribution is 2.28. The quantitative estimate of drug-likeness (QED) is 0.587. The maximum Gasteiger partial charge on any atom is 0.268 e. The summed E-state index contributed by atoms with van der Waals surface area (Å²) in [5.41, 5.74) is 4.44. The highest BCUT2D eigenvalue weighted by Gasteiger charge is 2.28. The lowest BCUT2D eigenvalue weighted by Crippen LogP contribution is -2.40. The number of carbonyl (C=O) groups excluding carboxylic acids is 1. The van der Waals surface area contributed by atoms with Crippen molar-refractivity contribution in [2.75, 3.05) is 26.3 Å². The number of aromatic nitrogens is 3. The topological polar surface area (TPSA) is 109 Å². The van der Waals surface area contributed by atoms with Crippen molar-refractivity contribution in [3.63, 3.8) is 0 Å². The van der Waals surface area contributed by atoms with E-state index >= 15 is 0 Å². The van der Waals surface area contributed by atoms with Gasteiger partial charge in [0, 0.05) is 25.0 Å². The third-order valence-electron chi connectivity index (χ3n) is 5.94. The van der Waals surface area contributed by atoms with Crippen LogP contribution in [0.5, 0.6) is 0 Å². The zero-order chi connectivity index (χ0) is 22.1. The van der Waals surface area contributed by atoms with E-state index in [9.17, 15) is 13.2 Å². The number of hydrogen-bond acceptors (Lipinski definition) is 5.